The minimum absolute atomic E-state index is 0.808. The predicted octanol–water partition coefficient (Wildman–Crippen LogP) is 4.66. The van der Waals surface area contributed by atoms with Crippen LogP contribution in [0.2, 0.25) is 5.02 Å². The van der Waals surface area contributed by atoms with Crippen molar-refractivity contribution in [1.82, 2.24) is 4.98 Å². The van der Waals surface area contributed by atoms with Crippen molar-refractivity contribution in [1.29, 1.82) is 0 Å². The molecule has 0 bridgehead atoms. The molecule has 84 valence electrons. The summed E-state index contributed by atoms with van der Waals surface area (Å²) in [5.74, 6) is 0. The van der Waals surface area contributed by atoms with E-state index in [0.717, 1.165) is 26.8 Å². The Morgan fingerprint density at radius 2 is 1.76 bits per heavy atom. The Morgan fingerprint density at radius 1 is 1.00 bits per heavy atom. The number of aromatic nitrogens is 1. The van der Waals surface area contributed by atoms with E-state index in [9.17, 15) is 0 Å². The molecular formula is C15H12ClN. The Bertz CT molecular complexity index is 732. The van der Waals surface area contributed by atoms with Crippen LogP contribution in [-0.4, -0.2) is 4.98 Å². The third-order valence-electron chi connectivity index (χ3n) is 3.06. The second kappa shape index (κ2) is 3.71. The molecule has 2 heteroatoms. The van der Waals surface area contributed by atoms with Crippen LogP contribution in [0.1, 0.15) is 11.1 Å². The molecule has 0 saturated heterocycles. The Balaban J connectivity index is 2.59. The normalized spacial score (nSPS) is 11.2. The van der Waals surface area contributed by atoms with Gasteiger partial charge < -0.3 is 0 Å². The minimum atomic E-state index is 0.808. The molecule has 0 amide bonds. The van der Waals surface area contributed by atoms with Crippen molar-refractivity contribution in [2.75, 3.05) is 0 Å². The van der Waals surface area contributed by atoms with E-state index in [1.54, 1.807) is 0 Å². The molecule has 0 fully saturated rings. The van der Waals surface area contributed by atoms with E-state index < -0.39 is 0 Å². The zero-order chi connectivity index (χ0) is 12.0. The summed E-state index contributed by atoms with van der Waals surface area (Å²) in [5.41, 5.74) is 4.33. The van der Waals surface area contributed by atoms with Crippen LogP contribution in [0.25, 0.3) is 21.8 Å². The van der Waals surface area contributed by atoms with Crippen LogP contribution in [0.3, 0.4) is 0 Å². The molecule has 0 saturated carbocycles. The number of halogens is 1. The SMILES string of the molecule is Cc1cc(C)c2c(Cl)c3ccccc3nc2c1. The summed E-state index contributed by atoms with van der Waals surface area (Å²) in [5, 5.41) is 2.90. The molecule has 0 N–H and O–H groups in total. The average Bonchev–Trinajstić information content (AvgIpc) is 2.28. The maximum Gasteiger partial charge on any atom is 0.0730 e. The molecule has 1 nitrogen and oxygen atoms in total. The molecule has 0 radical (unpaired) electrons. The summed E-state index contributed by atoms with van der Waals surface area (Å²) in [4.78, 5) is 4.68. The molecular weight excluding hydrogens is 230 g/mol. The Labute approximate surface area is 105 Å². The zero-order valence-electron chi connectivity index (χ0n) is 9.79. The van der Waals surface area contributed by atoms with Crippen LogP contribution in [0.4, 0.5) is 0 Å². The fourth-order valence-electron chi connectivity index (χ4n) is 2.34. The van der Waals surface area contributed by atoms with E-state index in [2.05, 4.69) is 31.0 Å². The van der Waals surface area contributed by atoms with Gasteiger partial charge in [-0.15, -0.1) is 0 Å². The van der Waals surface area contributed by atoms with Crippen LogP contribution in [0, 0.1) is 13.8 Å². The van der Waals surface area contributed by atoms with Gasteiger partial charge in [0.15, 0.2) is 0 Å². The van der Waals surface area contributed by atoms with E-state index in [4.69, 9.17) is 11.6 Å². The molecule has 3 aromatic rings. The van der Waals surface area contributed by atoms with Gasteiger partial charge in [-0.3, -0.25) is 0 Å². The van der Waals surface area contributed by atoms with Crippen LogP contribution >= 0.6 is 11.6 Å². The molecule has 0 aliphatic carbocycles. The number of para-hydroxylation sites is 1. The number of nitrogens with zero attached hydrogens (tertiary/aromatic N) is 1. The summed E-state index contributed by atoms with van der Waals surface area (Å²) in [6.45, 7) is 4.16. The van der Waals surface area contributed by atoms with Crippen LogP contribution in [-0.2, 0) is 0 Å². The quantitative estimate of drug-likeness (QED) is 0.522. The fourth-order valence-corrected chi connectivity index (χ4v) is 2.75. The highest BCUT2D eigenvalue weighted by molar-refractivity contribution is 6.40. The largest absolute Gasteiger partial charge is 0.248 e. The summed E-state index contributed by atoms with van der Waals surface area (Å²) in [7, 11) is 0. The third-order valence-corrected chi connectivity index (χ3v) is 3.45. The van der Waals surface area contributed by atoms with Crippen molar-refractivity contribution in [3.63, 3.8) is 0 Å². The van der Waals surface area contributed by atoms with E-state index in [1.165, 1.54) is 11.1 Å². The predicted molar refractivity (Wildman–Crippen MR) is 73.7 cm³/mol. The number of hydrogen-bond donors (Lipinski definition) is 0. The number of pyridine rings is 1. The zero-order valence-corrected chi connectivity index (χ0v) is 10.5. The van der Waals surface area contributed by atoms with Crippen molar-refractivity contribution in [3.05, 3.63) is 52.5 Å². The smallest absolute Gasteiger partial charge is 0.0730 e. The Kier molecular flexibility index (Phi) is 2.30. The molecule has 0 aliphatic heterocycles. The first-order valence-corrected chi connectivity index (χ1v) is 6.00. The molecule has 17 heavy (non-hydrogen) atoms. The standard InChI is InChI=1S/C15H12ClN/c1-9-7-10(2)14-13(8-9)17-12-6-4-3-5-11(12)15(14)16/h3-8H,1-2H3. The average molecular weight is 242 g/mol. The Morgan fingerprint density at radius 3 is 2.59 bits per heavy atom. The summed E-state index contributed by atoms with van der Waals surface area (Å²) in [6, 6.07) is 12.2. The van der Waals surface area contributed by atoms with Crippen molar-refractivity contribution < 1.29 is 0 Å². The van der Waals surface area contributed by atoms with Gasteiger partial charge in [0.25, 0.3) is 0 Å². The van der Waals surface area contributed by atoms with Crippen LogP contribution < -0.4 is 0 Å². The highest BCUT2D eigenvalue weighted by atomic mass is 35.5. The lowest BCUT2D eigenvalue weighted by Crippen LogP contribution is -1.88. The van der Waals surface area contributed by atoms with Crippen LogP contribution in [0.5, 0.6) is 0 Å². The van der Waals surface area contributed by atoms with Crippen LogP contribution in [0.15, 0.2) is 36.4 Å². The lowest BCUT2D eigenvalue weighted by atomic mass is 10.0. The van der Waals surface area contributed by atoms with Gasteiger partial charge in [-0.25, -0.2) is 4.98 Å². The third kappa shape index (κ3) is 1.58. The molecule has 0 spiro atoms. The van der Waals surface area contributed by atoms with E-state index >= 15 is 0 Å². The molecule has 0 atom stereocenters. The minimum Gasteiger partial charge on any atom is -0.248 e. The van der Waals surface area contributed by atoms with Gasteiger partial charge in [-0.05, 0) is 37.1 Å². The fraction of sp³-hybridized carbons (Fsp3) is 0.133. The highest BCUT2D eigenvalue weighted by Crippen LogP contribution is 2.32. The molecule has 1 aromatic heterocycles. The van der Waals surface area contributed by atoms with Gasteiger partial charge in [-0.1, -0.05) is 35.9 Å². The van der Waals surface area contributed by atoms with Gasteiger partial charge in [-0.2, -0.15) is 0 Å². The van der Waals surface area contributed by atoms with Crippen molar-refractivity contribution >= 4 is 33.4 Å². The van der Waals surface area contributed by atoms with Crippen molar-refractivity contribution in [2.24, 2.45) is 0 Å². The second-order valence-electron chi connectivity index (χ2n) is 4.42. The number of benzene rings is 2. The first kappa shape index (κ1) is 10.5. The topological polar surface area (TPSA) is 12.9 Å². The maximum atomic E-state index is 6.49. The number of fused-ring (bicyclic) bond motifs is 2. The molecule has 1 heterocycles. The van der Waals surface area contributed by atoms with Gasteiger partial charge in [0.05, 0.1) is 16.1 Å². The van der Waals surface area contributed by atoms with Crippen molar-refractivity contribution in [3.8, 4) is 0 Å². The van der Waals surface area contributed by atoms with Gasteiger partial charge in [0.1, 0.15) is 0 Å². The number of aryl methyl sites for hydroxylation is 2. The Hall–Kier alpha value is -1.60. The molecule has 2 aromatic carbocycles. The first-order valence-electron chi connectivity index (χ1n) is 5.62. The number of hydrogen-bond acceptors (Lipinski definition) is 1. The molecule has 0 aliphatic rings. The van der Waals surface area contributed by atoms with E-state index in [0.29, 0.717) is 0 Å². The molecule has 3 rings (SSSR count). The van der Waals surface area contributed by atoms with E-state index in [1.807, 2.05) is 24.3 Å². The summed E-state index contributed by atoms with van der Waals surface area (Å²) >= 11 is 6.49. The maximum absolute atomic E-state index is 6.49. The lowest BCUT2D eigenvalue weighted by Gasteiger charge is -2.08. The highest BCUT2D eigenvalue weighted by Gasteiger charge is 2.09. The number of rotatable bonds is 0. The second-order valence-corrected chi connectivity index (χ2v) is 4.80. The molecule has 0 unspecified atom stereocenters. The summed E-state index contributed by atoms with van der Waals surface area (Å²) < 4.78 is 0. The van der Waals surface area contributed by atoms with E-state index in [-0.39, 0.29) is 0 Å². The lowest BCUT2D eigenvalue weighted by molar-refractivity contribution is 1.39. The van der Waals surface area contributed by atoms with Gasteiger partial charge >= 0.3 is 0 Å². The van der Waals surface area contributed by atoms with Gasteiger partial charge in [0.2, 0.25) is 0 Å². The first-order chi connectivity index (χ1) is 8.16. The summed E-state index contributed by atoms with van der Waals surface area (Å²) in [6.07, 6.45) is 0. The van der Waals surface area contributed by atoms with Crippen molar-refractivity contribution in [2.45, 2.75) is 13.8 Å². The van der Waals surface area contributed by atoms with Gasteiger partial charge in [0, 0.05) is 10.8 Å². The monoisotopic (exact) mass is 241 g/mol.